The lowest BCUT2D eigenvalue weighted by Crippen LogP contribution is -2.71. The minimum absolute atomic E-state index is 0.0570. The molecule has 26 heavy (non-hydrogen) atoms. The molecule has 5 heterocycles. The van der Waals surface area contributed by atoms with Gasteiger partial charge in [-0.3, -0.25) is 9.69 Å². The van der Waals surface area contributed by atoms with Gasteiger partial charge in [0.1, 0.15) is 5.41 Å². The summed E-state index contributed by atoms with van der Waals surface area (Å²) in [5.74, 6) is -0.154. The average molecular weight is 352 g/mol. The number of ether oxygens (including phenoxy) is 1. The Hall–Kier alpha value is -1.85. The maximum atomic E-state index is 13.2. The Morgan fingerprint density at radius 3 is 3.00 bits per heavy atom. The van der Waals surface area contributed by atoms with Crippen molar-refractivity contribution in [2.75, 3.05) is 19.0 Å². The lowest BCUT2D eigenvalue weighted by Gasteiger charge is -2.60. The molecule has 6 unspecified atom stereocenters. The highest BCUT2D eigenvalue weighted by Gasteiger charge is 2.82. The number of rotatable bonds is 1. The van der Waals surface area contributed by atoms with Gasteiger partial charge in [0, 0.05) is 35.6 Å². The van der Waals surface area contributed by atoms with Crippen molar-refractivity contribution in [3.8, 4) is 0 Å². The van der Waals surface area contributed by atoms with Crippen LogP contribution in [0.4, 0.5) is 5.69 Å². The van der Waals surface area contributed by atoms with E-state index in [1.54, 1.807) is 0 Å². The second-order valence-corrected chi connectivity index (χ2v) is 8.65. The number of nitrogens with one attached hydrogen (secondary N) is 1. The van der Waals surface area contributed by atoms with Crippen LogP contribution < -0.4 is 5.32 Å². The molecule has 7 rings (SSSR count). The van der Waals surface area contributed by atoms with Gasteiger partial charge in [0.2, 0.25) is 0 Å². The number of methoxy groups -OCH3 is 1. The Morgan fingerprint density at radius 2 is 2.23 bits per heavy atom. The molecule has 1 aliphatic carbocycles. The number of hydrogen-bond acceptors (Lipinski definition) is 5. The van der Waals surface area contributed by atoms with E-state index in [4.69, 9.17) is 4.74 Å². The monoisotopic (exact) mass is 352 g/mol. The van der Waals surface area contributed by atoms with Crippen molar-refractivity contribution in [3.63, 3.8) is 0 Å². The molecule has 5 nitrogen and oxygen atoms in total. The molecule has 1 spiro atoms. The van der Waals surface area contributed by atoms with E-state index in [0.29, 0.717) is 6.04 Å². The van der Waals surface area contributed by atoms with Crippen LogP contribution in [0, 0.1) is 11.3 Å². The summed E-state index contributed by atoms with van der Waals surface area (Å²) < 4.78 is 5.34. The minimum Gasteiger partial charge on any atom is -0.468 e. The minimum atomic E-state index is -0.848. The van der Waals surface area contributed by atoms with E-state index < -0.39 is 16.9 Å². The van der Waals surface area contributed by atoms with E-state index in [2.05, 4.69) is 35.3 Å². The van der Waals surface area contributed by atoms with Gasteiger partial charge >= 0.3 is 5.97 Å². The van der Waals surface area contributed by atoms with Gasteiger partial charge in [0.25, 0.3) is 0 Å². The fourth-order valence-electron chi connectivity index (χ4n) is 7.49. The number of aliphatic hydroxyl groups excluding tert-OH is 1. The molecule has 8 atom stereocenters. The number of esters is 1. The van der Waals surface area contributed by atoms with E-state index in [9.17, 15) is 9.90 Å². The molecule has 5 aliphatic heterocycles. The molecule has 5 bridgehead atoms. The molecule has 1 aromatic rings. The normalized spacial score (nSPS) is 50.5. The molecule has 0 aromatic heterocycles. The first-order valence-electron chi connectivity index (χ1n) is 9.64. The van der Waals surface area contributed by atoms with Crippen molar-refractivity contribution in [3.05, 3.63) is 41.5 Å². The third-order valence-corrected chi connectivity index (χ3v) is 8.30. The largest absolute Gasteiger partial charge is 0.468 e. The molecule has 1 aromatic carbocycles. The summed E-state index contributed by atoms with van der Waals surface area (Å²) in [6, 6.07) is 8.89. The number of para-hydroxylation sites is 1. The first-order valence-corrected chi connectivity index (χ1v) is 9.64. The van der Waals surface area contributed by atoms with Crippen LogP contribution in [0.15, 0.2) is 35.9 Å². The molecular formula is C21H24N2O3. The van der Waals surface area contributed by atoms with Crippen molar-refractivity contribution >= 4 is 11.7 Å². The van der Waals surface area contributed by atoms with Crippen LogP contribution in [0.2, 0.25) is 0 Å². The number of nitrogens with zero attached hydrogens (tertiary/aromatic N) is 1. The topological polar surface area (TPSA) is 61.8 Å². The quantitative estimate of drug-likeness (QED) is 0.595. The third kappa shape index (κ3) is 1.28. The first-order chi connectivity index (χ1) is 12.6. The number of anilines is 1. The van der Waals surface area contributed by atoms with E-state index >= 15 is 0 Å². The Kier molecular flexibility index (Phi) is 2.65. The van der Waals surface area contributed by atoms with Gasteiger partial charge < -0.3 is 15.2 Å². The molecular weight excluding hydrogens is 328 g/mol. The number of allylic oxidation sites excluding steroid dienone is 1. The summed E-state index contributed by atoms with van der Waals surface area (Å²) in [4.78, 5) is 15.7. The van der Waals surface area contributed by atoms with Gasteiger partial charge in [0.05, 0.1) is 19.3 Å². The Morgan fingerprint density at radius 1 is 1.42 bits per heavy atom. The number of carbonyl (C=O) groups is 1. The van der Waals surface area contributed by atoms with Crippen LogP contribution in [0.5, 0.6) is 0 Å². The molecule has 5 heteroatoms. The number of aliphatic hydroxyl groups is 1. The smallest absolute Gasteiger partial charge is 0.316 e. The van der Waals surface area contributed by atoms with Crippen LogP contribution in [0.1, 0.15) is 25.3 Å². The van der Waals surface area contributed by atoms with Crippen molar-refractivity contribution in [1.82, 2.24) is 4.90 Å². The summed E-state index contributed by atoms with van der Waals surface area (Å²) in [5, 5.41) is 15.6. The number of piperidine rings is 4. The van der Waals surface area contributed by atoms with Gasteiger partial charge in [-0.1, -0.05) is 29.8 Å². The van der Waals surface area contributed by atoms with Crippen molar-refractivity contribution in [1.29, 1.82) is 0 Å². The molecule has 5 fully saturated rings. The molecule has 6 aliphatic rings. The highest BCUT2D eigenvalue weighted by atomic mass is 16.5. The Balaban J connectivity index is 1.65. The molecule has 136 valence electrons. The van der Waals surface area contributed by atoms with Crippen LogP contribution in [-0.4, -0.2) is 53.9 Å². The second kappa shape index (κ2) is 4.52. The average Bonchev–Trinajstić information content (AvgIpc) is 3.13. The number of carbonyl (C=O) groups excluding carboxylic acids is 1. The Labute approximate surface area is 153 Å². The molecule has 0 amide bonds. The van der Waals surface area contributed by atoms with Gasteiger partial charge in [-0.2, -0.15) is 0 Å². The van der Waals surface area contributed by atoms with Gasteiger partial charge in [0.15, 0.2) is 0 Å². The summed E-state index contributed by atoms with van der Waals surface area (Å²) in [5.41, 5.74) is 2.34. The van der Waals surface area contributed by atoms with Crippen LogP contribution in [0.25, 0.3) is 0 Å². The fraction of sp³-hybridized carbons (Fsp3) is 0.571. The van der Waals surface area contributed by atoms with Gasteiger partial charge in [-0.25, -0.2) is 0 Å². The van der Waals surface area contributed by atoms with Crippen molar-refractivity contribution in [2.45, 2.75) is 49.4 Å². The number of benzene rings is 1. The summed E-state index contributed by atoms with van der Waals surface area (Å²) in [7, 11) is 1.46. The van der Waals surface area contributed by atoms with Crippen molar-refractivity contribution < 1.29 is 14.6 Å². The molecule has 0 radical (unpaired) electrons. The standard InChI is InChI=1S/C21H24N2O3/c1-3-11-10-23-15-8-13(11)21(19(25)26-2)16(23)9-20(18(21)24)12-6-4-5-7-14(12)22-17(15)20/h3-7,13,15-18,22,24H,8-10H2,1-2H3/t13?,15?,16-,17?,18?,20+,21?/m1/s1. The van der Waals surface area contributed by atoms with Crippen LogP contribution in [-0.2, 0) is 14.9 Å². The lowest BCUT2D eigenvalue weighted by molar-refractivity contribution is -0.179. The van der Waals surface area contributed by atoms with E-state index in [0.717, 1.165) is 25.1 Å². The van der Waals surface area contributed by atoms with Crippen LogP contribution in [0.3, 0.4) is 0 Å². The Bertz CT molecular complexity index is 867. The number of fused-ring (bicyclic) bond motifs is 2. The zero-order valence-electron chi connectivity index (χ0n) is 15.1. The van der Waals surface area contributed by atoms with Crippen LogP contribution >= 0.6 is 0 Å². The summed E-state index contributed by atoms with van der Waals surface area (Å²) in [6.07, 6.45) is 3.15. The molecule has 2 N–H and O–H groups in total. The number of hydrogen-bond donors (Lipinski definition) is 2. The predicted octanol–water partition coefficient (Wildman–Crippen LogP) is 1.68. The highest BCUT2D eigenvalue weighted by molar-refractivity contribution is 5.84. The highest BCUT2D eigenvalue weighted by Crippen LogP contribution is 2.71. The molecule has 4 saturated heterocycles. The maximum Gasteiger partial charge on any atom is 0.316 e. The van der Waals surface area contributed by atoms with E-state index in [-0.39, 0.29) is 24.0 Å². The SMILES string of the molecule is CC=C1CN2C3CC1C1(C(=O)OC)C(O)[C@@]4(C[C@@H]21)c1ccccc1NC34. The summed E-state index contributed by atoms with van der Waals surface area (Å²) in [6.45, 7) is 2.96. The first kappa shape index (κ1) is 15.2. The fourth-order valence-corrected chi connectivity index (χ4v) is 7.49. The van der Waals surface area contributed by atoms with E-state index in [1.807, 2.05) is 12.1 Å². The van der Waals surface area contributed by atoms with E-state index in [1.165, 1.54) is 18.2 Å². The molecule has 1 saturated carbocycles. The van der Waals surface area contributed by atoms with Gasteiger partial charge in [-0.05, 0) is 31.4 Å². The predicted molar refractivity (Wildman–Crippen MR) is 96.7 cm³/mol. The zero-order chi connectivity index (χ0) is 17.8. The van der Waals surface area contributed by atoms with Gasteiger partial charge in [-0.15, -0.1) is 0 Å². The summed E-state index contributed by atoms with van der Waals surface area (Å²) >= 11 is 0. The third-order valence-electron chi connectivity index (χ3n) is 8.30. The lowest BCUT2D eigenvalue weighted by atomic mass is 9.58. The maximum absolute atomic E-state index is 13.2. The zero-order valence-corrected chi connectivity index (χ0v) is 15.1. The second-order valence-electron chi connectivity index (χ2n) is 8.65. The van der Waals surface area contributed by atoms with Crippen molar-refractivity contribution in [2.24, 2.45) is 11.3 Å².